The van der Waals surface area contributed by atoms with Crippen LogP contribution < -0.4 is 5.73 Å². The van der Waals surface area contributed by atoms with Crippen LogP contribution in [0.15, 0.2) is 47.0 Å². The monoisotopic (exact) mass is 265 g/mol. The zero-order valence-electron chi connectivity index (χ0n) is 11.0. The highest BCUT2D eigenvalue weighted by Gasteiger charge is 2.48. The molecule has 100 valence electrons. The van der Waals surface area contributed by atoms with E-state index in [0.717, 1.165) is 23.8 Å². The molecule has 1 fully saturated rings. The molecule has 20 heavy (non-hydrogen) atoms. The number of fused-ring (bicyclic) bond motifs is 1. The molecule has 0 bridgehead atoms. The normalized spacial score (nSPS) is 16.4. The third-order valence-corrected chi connectivity index (χ3v) is 4.15. The van der Waals surface area contributed by atoms with E-state index in [1.807, 2.05) is 24.3 Å². The van der Waals surface area contributed by atoms with Gasteiger partial charge in [-0.15, -0.1) is 0 Å². The summed E-state index contributed by atoms with van der Waals surface area (Å²) >= 11 is 0. The van der Waals surface area contributed by atoms with Gasteiger partial charge < -0.3 is 10.3 Å². The summed E-state index contributed by atoms with van der Waals surface area (Å²) in [4.78, 5) is 4.58. The van der Waals surface area contributed by atoms with E-state index in [4.69, 9.17) is 10.3 Å². The van der Waals surface area contributed by atoms with Gasteiger partial charge in [-0.25, -0.2) is 0 Å². The minimum atomic E-state index is -0.0597. The van der Waals surface area contributed by atoms with Crippen LogP contribution in [0.5, 0.6) is 0 Å². The Morgan fingerprint density at radius 1 is 1.10 bits per heavy atom. The predicted molar refractivity (Wildman–Crippen MR) is 77.2 cm³/mol. The summed E-state index contributed by atoms with van der Waals surface area (Å²) in [7, 11) is 0. The van der Waals surface area contributed by atoms with E-state index < -0.39 is 0 Å². The first-order chi connectivity index (χ1) is 9.82. The summed E-state index contributed by atoms with van der Waals surface area (Å²) in [6.45, 7) is 0.574. The van der Waals surface area contributed by atoms with Crippen molar-refractivity contribution in [2.75, 3.05) is 6.54 Å². The lowest BCUT2D eigenvalue weighted by atomic mass is 10.0. The van der Waals surface area contributed by atoms with Crippen LogP contribution in [0.2, 0.25) is 0 Å². The van der Waals surface area contributed by atoms with Gasteiger partial charge in [0.05, 0.1) is 5.41 Å². The molecule has 2 N–H and O–H groups in total. The summed E-state index contributed by atoms with van der Waals surface area (Å²) in [5.41, 5.74) is 6.76. The van der Waals surface area contributed by atoms with Crippen molar-refractivity contribution < 1.29 is 4.52 Å². The van der Waals surface area contributed by atoms with Crippen LogP contribution in [0.3, 0.4) is 0 Å². The number of nitrogens with two attached hydrogens (primary N) is 1. The van der Waals surface area contributed by atoms with Crippen LogP contribution in [-0.4, -0.2) is 16.7 Å². The number of hydrogen-bond donors (Lipinski definition) is 1. The van der Waals surface area contributed by atoms with Gasteiger partial charge >= 0.3 is 0 Å². The summed E-state index contributed by atoms with van der Waals surface area (Å²) < 4.78 is 5.45. The van der Waals surface area contributed by atoms with Crippen molar-refractivity contribution in [2.45, 2.75) is 18.3 Å². The van der Waals surface area contributed by atoms with Gasteiger partial charge in [0.15, 0.2) is 0 Å². The molecule has 4 nitrogen and oxygen atoms in total. The van der Waals surface area contributed by atoms with Gasteiger partial charge in [0.25, 0.3) is 0 Å². The summed E-state index contributed by atoms with van der Waals surface area (Å²) in [6, 6.07) is 14.3. The lowest BCUT2D eigenvalue weighted by molar-refractivity contribution is 0.347. The smallest absolute Gasteiger partial charge is 0.234 e. The first-order valence-electron chi connectivity index (χ1n) is 6.85. The van der Waals surface area contributed by atoms with Gasteiger partial charge in [0.1, 0.15) is 0 Å². The van der Waals surface area contributed by atoms with Gasteiger partial charge in [-0.1, -0.05) is 47.6 Å². The fourth-order valence-corrected chi connectivity index (χ4v) is 2.62. The highest BCUT2D eigenvalue weighted by atomic mass is 16.5. The predicted octanol–water partition coefficient (Wildman–Crippen LogP) is 2.88. The Morgan fingerprint density at radius 2 is 1.90 bits per heavy atom. The third kappa shape index (κ3) is 1.65. The molecule has 3 aromatic rings. The molecule has 4 heteroatoms. The third-order valence-electron chi connectivity index (χ3n) is 4.15. The van der Waals surface area contributed by atoms with Gasteiger partial charge in [0, 0.05) is 12.1 Å². The lowest BCUT2D eigenvalue weighted by Gasteiger charge is -2.04. The molecule has 1 aliphatic carbocycles. The van der Waals surface area contributed by atoms with Gasteiger partial charge in [-0.3, -0.25) is 0 Å². The topological polar surface area (TPSA) is 64.9 Å². The first kappa shape index (κ1) is 11.6. The fraction of sp³-hybridized carbons (Fsp3) is 0.250. The molecule has 1 saturated carbocycles. The summed E-state index contributed by atoms with van der Waals surface area (Å²) in [5.74, 6) is 1.33. The van der Waals surface area contributed by atoms with Crippen LogP contribution in [0.4, 0.5) is 0 Å². The van der Waals surface area contributed by atoms with E-state index in [1.165, 1.54) is 5.39 Å². The number of nitrogens with zero attached hydrogens (tertiary/aromatic N) is 2. The minimum Gasteiger partial charge on any atom is -0.338 e. The molecule has 4 rings (SSSR count). The van der Waals surface area contributed by atoms with Crippen LogP contribution in [0.1, 0.15) is 18.7 Å². The molecule has 0 radical (unpaired) electrons. The zero-order valence-corrected chi connectivity index (χ0v) is 11.0. The molecule has 2 aromatic carbocycles. The van der Waals surface area contributed by atoms with Crippen molar-refractivity contribution in [3.8, 4) is 11.4 Å². The maximum absolute atomic E-state index is 5.81. The molecular formula is C16H15N3O. The quantitative estimate of drug-likeness (QED) is 0.790. The molecule has 1 aromatic heterocycles. The average molecular weight is 265 g/mol. The molecule has 1 heterocycles. The molecule has 0 unspecified atom stereocenters. The van der Waals surface area contributed by atoms with Crippen molar-refractivity contribution in [3.63, 3.8) is 0 Å². The number of hydrogen-bond acceptors (Lipinski definition) is 4. The lowest BCUT2D eigenvalue weighted by Crippen LogP contribution is -2.19. The highest BCUT2D eigenvalue weighted by molar-refractivity contribution is 5.94. The summed E-state index contributed by atoms with van der Waals surface area (Å²) in [6.07, 6.45) is 2.08. The van der Waals surface area contributed by atoms with Crippen molar-refractivity contribution in [1.29, 1.82) is 0 Å². The Kier molecular flexibility index (Phi) is 2.41. The van der Waals surface area contributed by atoms with E-state index in [0.29, 0.717) is 18.3 Å². The van der Waals surface area contributed by atoms with E-state index in [9.17, 15) is 0 Å². The maximum atomic E-state index is 5.81. The van der Waals surface area contributed by atoms with Gasteiger partial charge in [0.2, 0.25) is 11.7 Å². The van der Waals surface area contributed by atoms with Crippen molar-refractivity contribution in [3.05, 3.63) is 48.4 Å². The van der Waals surface area contributed by atoms with Crippen LogP contribution in [0.25, 0.3) is 22.2 Å². The second-order valence-electron chi connectivity index (χ2n) is 5.43. The largest absolute Gasteiger partial charge is 0.338 e. The second kappa shape index (κ2) is 4.15. The molecule has 0 atom stereocenters. The number of aromatic nitrogens is 2. The SMILES string of the molecule is NCC1(c2nc(-c3cccc4ccccc34)no2)CC1. The molecule has 1 aliphatic rings. The zero-order chi connectivity index (χ0) is 13.6. The summed E-state index contributed by atoms with van der Waals surface area (Å²) in [5, 5.41) is 6.47. The van der Waals surface area contributed by atoms with E-state index in [2.05, 4.69) is 28.3 Å². The molecule has 0 aliphatic heterocycles. The van der Waals surface area contributed by atoms with E-state index in [-0.39, 0.29) is 5.41 Å². The highest BCUT2D eigenvalue weighted by Crippen LogP contribution is 2.46. The van der Waals surface area contributed by atoms with Crippen molar-refractivity contribution in [2.24, 2.45) is 5.73 Å². The Balaban J connectivity index is 1.84. The Hall–Kier alpha value is -2.20. The Morgan fingerprint density at radius 3 is 2.70 bits per heavy atom. The Labute approximate surface area is 116 Å². The number of benzene rings is 2. The standard InChI is InChI=1S/C16H15N3O/c17-10-16(8-9-16)15-18-14(19-20-15)13-7-3-5-11-4-1-2-6-12(11)13/h1-7H,8-10,17H2. The number of rotatable bonds is 3. The first-order valence-corrected chi connectivity index (χ1v) is 6.85. The minimum absolute atomic E-state index is 0.0597. The van der Waals surface area contributed by atoms with Gasteiger partial charge in [-0.2, -0.15) is 4.98 Å². The fourth-order valence-electron chi connectivity index (χ4n) is 2.62. The van der Waals surface area contributed by atoms with Gasteiger partial charge in [-0.05, 0) is 23.6 Å². The van der Waals surface area contributed by atoms with E-state index >= 15 is 0 Å². The molecular weight excluding hydrogens is 250 g/mol. The molecule has 0 saturated heterocycles. The second-order valence-corrected chi connectivity index (χ2v) is 5.43. The molecule has 0 amide bonds. The molecule has 0 spiro atoms. The maximum Gasteiger partial charge on any atom is 0.234 e. The Bertz CT molecular complexity index is 769. The van der Waals surface area contributed by atoms with Crippen molar-refractivity contribution >= 4 is 10.8 Å². The van der Waals surface area contributed by atoms with Crippen molar-refractivity contribution in [1.82, 2.24) is 10.1 Å². The average Bonchev–Trinajstić information content (AvgIpc) is 3.16. The van der Waals surface area contributed by atoms with E-state index in [1.54, 1.807) is 0 Å². The van der Waals surface area contributed by atoms with Crippen LogP contribution >= 0.6 is 0 Å². The van der Waals surface area contributed by atoms with Crippen LogP contribution in [0, 0.1) is 0 Å². The van der Waals surface area contributed by atoms with Crippen LogP contribution in [-0.2, 0) is 5.41 Å².